The SMILES string of the molecule is Nc1ccc(C2=NN3CCCC3Cc3cc4c(cc32)OCO4)cc1. The third kappa shape index (κ3) is 2.12. The Hall–Kier alpha value is -2.69. The summed E-state index contributed by atoms with van der Waals surface area (Å²) >= 11 is 0. The highest BCUT2D eigenvalue weighted by molar-refractivity contribution is 6.14. The number of anilines is 1. The molecular weight excluding hydrogens is 302 g/mol. The zero-order chi connectivity index (χ0) is 16.1. The number of hydrazone groups is 1. The maximum Gasteiger partial charge on any atom is 0.231 e. The molecule has 3 heterocycles. The molecule has 1 saturated heterocycles. The Balaban J connectivity index is 1.70. The smallest absolute Gasteiger partial charge is 0.231 e. The van der Waals surface area contributed by atoms with Crippen LogP contribution in [0.5, 0.6) is 11.5 Å². The largest absolute Gasteiger partial charge is 0.454 e. The Morgan fingerprint density at radius 2 is 1.88 bits per heavy atom. The minimum absolute atomic E-state index is 0.294. The van der Waals surface area contributed by atoms with Gasteiger partial charge in [-0.05, 0) is 49.1 Å². The molecule has 2 aromatic carbocycles. The second-order valence-electron chi connectivity index (χ2n) is 6.60. The van der Waals surface area contributed by atoms with Gasteiger partial charge in [0.25, 0.3) is 0 Å². The number of hydrogen-bond acceptors (Lipinski definition) is 5. The van der Waals surface area contributed by atoms with E-state index < -0.39 is 0 Å². The van der Waals surface area contributed by atoms with Crippen LogP contribution in [0.2, 0.25) is 0 Å². The van der Waals surface area contributed by atoms with Crippen LogP contribution in [-0.2, 0) is 6.42 Å². The first kappa shape index (κ1) is 13.7. The van der Waals surface area contributed by atoms with Crippen molar-refractivity contribution in [2.24, 2.45) is 5.10 Å². The van der Waals surface area contributed by atoms with Crippen molar-refractivity contribution in [3.8, 4) is 11.5 Å². The summed E-state index contributed by atoms with van der Waals surface area (Å²) in [5, 5.41) is 7.27. The van der Waals surface area contributed by atoms with E-state index in [0.717, 1.165) is 47.0 Å². The molecular formula is C19H19N3O2. The quantitative estimate of drug-likeness (QED) is 0.821. The Morgan fingerprint density at radius 3 is 2.71 bits per heavy atom. The first-order chi connectivity index (χ1) is 11.8. The van der Waals surface area contributed by atoms with E-state index in [2.05, 4.69) is 17.1 Å². The van der Waals surface area contributed by atoms with Gasteiger partial charge in [0.1, 0.15) is 0 Å². The molecule has 0 aromatic heterocycles. The van der Waals surface area contributed by atoms with Crippen molar-refractivity contribution in [1.29, 1.82) is 0 Å². The number of ether oxygens (including phenoxy) is 2. The number of nitrogen functional groups attached to an aromatic ring is 1. The van der Waals surface area contributed by atoms with Gasteiger partial charge >= 0.3 is 0 Å². The third-order valence-electron chi connectivity index (χ3n) is 5.07. The van der Waals surface area contributed by atoms with Gasteiger partial charge in [0.2, 0.25) is 6.79 Å². The van der Waals surface area contributed by atoms with Crippen molar-refractivity contribution in [2.75, 3.05) is 19.1 Å². The van der Waals surface area contributed by atoms with Crippen molar-refractivity contribution in [1.82, 2.24) is 5.01 Å². The van der Waals surface area contributed by atoms with Crippen molar-refractivity contribution in [2.45, 2.75) is 25.3 Å². The van der Waals surface area contributed by atoms with Crippen LogP contribution in [0.25, 0.3) is 0 Å². The zero-order valence-electron chi connectivity index (χ0n) is 13.4. The average molecular weight is 321 g/mol. The van der Waals surface area contributed by atoms with Gasteiger partial charge in [-0.3, -0.25) is 5.01 Å². The molecule has 0 bridgehead atoms. The van der Waals surface area contributed by atoms with Gasteiger partial charge in [-0.25, -0.2) is 0 Å². The average Bonchev–Trinajstić information content (AvgIpc) is 3.19. The molecule has 0 radical (unpaired) electrons. The summed E-state index contributed by atoms with van der Waals surface area (Å²) in [6, 6.07) is 12.6. The molecule has 2 N–H and O–H groups in total. The maximum absolute atomic E-state index is 5.85. The molecule has 0 spiro atoms. The second kappa shape index (κ2) is 5.16. The predicted octanol–water partition coefficient (Wildman–Crippen LogP) is 2.77. The first-order valence-corrected chi connectivity index (χ1v) is 8.42. The number of benzene rings is 2. The lowest BCUT2D eigenvalue weighted by Crippen LogP contribution is -2.25. The van der Waals surface area contributed by atoms with E-state index in [9.17, 15) is 0 Å². The summed E-state index contributed by atoms with van der Waals surface area (Å²) in [6.07, 6.45) is 3.38. The Morgan fingerprint density at radius 1 is 1.08 bits per heavy atom. The highest BCUT2D eigenvalue weighted by Gasteiger charge is 2.31. The summed E-state index contributed by atoms with van der Waals surface area (Å²) in [4.78, 5) is 0. The molecule has 1 unspecified atom stereocenters. The molecule has 0 aliphatic carbocycles. The zero-order valence-corrected chi connectivity index (χ0v) is 13.4. The number of nitrogens with zero attached hydrogens (tertiary/aromatic N) is 2. The summed E-state index contributed by atoms with van der Waals surface area (Å²) in [5.74, 6) is 1.65. The highest BCUT2D eigenvalue weighted by Crippen LogP contribution is 2.38. The minimum Gasteiger partial charge on any atom is -0.454 e. The lowest BCUT2D eigenvalue weighted by Gasteiger charge is -2.19. The van der Waals surface area contributed by atoms with Gasteiger partial charge in [0.15, 0.2) is 11.5 Å². The fraction of sp³-hybridized carbons (Fsp3) is 0.316. The molecule has 1 fully saturated rings. The van der Waals surface area contributed by atoms with Crippen LogP contribution in [0.15, 0.2) is 41.5 Å². The van der Waals surface area contributed by atoms with Crippen molar-refractivity contribution >= 4 is 11.4 Å². The summed E-state index contributed by atoms with van der Waals surface area (Å²) < 4.78 is 11.2. The van der Waals surface area contributed by atoms with Crippen LogP contribution in [0.1, 0.15) is 29.5 Å². The molecule has 0 amide bonds. The molecule has 24 heavy (non-hydrogen) atoms. The van der Waals surface area contributed by atoms with Gasteiger partial charge in [-0.2, -0.15) is 5.10 Å². The standard InChI is InChI=1S/C19H19N3O2/c20-14-5-3-12(4-6-14)19-16-10-18-17(23-11-24-18)9-13(16)8-15-2-1-7-22(15)21-19/h3-6,9-10,15H,1-2,7-8,11,20H2. The van der Waals surface area contributed by atoms with Gasteiger partial charge in [0.05, 0.1) is 11.8 Å². The summed E-state index contributed by atoms with van der Waals surface area (Å²) in [6.45, 7) is 1.31. The van der Waals surface area contributed by atoms with E-state index in [-0.39, 0.29) is 0 Å². The van der Waals surface area contributed by atoms with E-state index >= 15 is 0 Å². The van der Waals surface area contributed by atoms with Crippen molar-refractivity contribution in [3.05, 3.63) is 53.1 Å². The van der Waals surface area contributed by atoms with E-state index in [1.165, 1.54) is 18.4 Å². The molecule has 122 valence electrons. The highest BCUT2D eigenvalue weighted by atomic mass is 16.7. The summed E-state index contributed by atoms with van der Waals surface area (Å²) in [5.41, 5.74) is 11.1. The second-order valence-corrected chi connectivity index (χ2v) is 6.60. The molecule has 1 atom stereocenters. The molecule has 5 rings (SSSR count). The Labute approximate surface area is 140 Å². The van der Waals surface area contributed by atoms with Crippen LogP contribution in [-0.4, -0.2) is 30.1 Å². The summed E-state index contributed by atoms with van der Waals surface area (Å²) in [7, 11) is 0. The molecule has 5 nitrogen and oxygen atoms in total. The van der Waals surface area contributed by atoms with E-state index in [1.807, 2.05) is 24.3 Å². The Kier molecular flexibility index (Phi) is 2.95. The van der Waals surface area contributed by atoms with E-state index in [4.69, 9.17) is 20.3 Å². The lowest BCUT2D eigenvalue weighted by molar-refractivity contribution is 0.174. The molecule has 3 aliphatic heterocycles. The number of rotatable bonds is 1. The fourth-order valence-electron chi connectivity index (χ4n) is 3.82. The predicted molar refractivity (Wildman–Crippen MR) is 92.5 cm³/mol. The number of hydrogen-bond donors (Lipinski definition) is 1. The van der Waals surface area contributed by atoms with Crippen molar-refractivity contribution in [3.63, 3.8) is 0 Å². The van der Waals surface area contributed by atoms with Gasteiger partial charge in [0, 0.05) is 23.4 Å². The minimum atomic E-state index is 0.294. The lowest BCUT2D eigenvalue weighted by atomic mass is 9.93. The van der Waals surface area contributed by atoms with Gasteiger partial charge in [-0.15, -0.1) is 0 Å². The monoisotopic (exact) mass is 321 g/mol. The molecule has 0 saturated carbocycles. The maximum atomic E-state index is 5.85. The molecule has 3 aliphatic rings. The van der Waals surface area contributed by atoms with Gasteiger partial charge in [-0.1, -0.05) is 12.1 Å². The first-order valence-electron chi connectivity index (χ1n) is 8.42. The fourth-order valence-corrected chi connectivity index (χ4v) is 3.82. The molecule has 2 aromatic rings. The van der Waals surface area contributed by atoms with E-state index in [0.29, 0.717) is 12.8 Å². The van der Waals surface area contributed by atoms with Crippen LogP contribution in [0.4, 0.5) is 5.69 Å². The van der Waals surface area contributed by atoms with Crippen LogP contribution in [0.3, 0.4) is 0 Å². The van der Waals surface area contributed by atoms with Crippen molar-refractivity contribution < 1.29 is 9.47 Å². The van der Waals surface area contributed by atoms with Crippen LogP contribution < -0.4 is 15.2 Å². The third-order valence-corrected chi connectivity index (χ3v) is 5.07. The number of nitrogens with two attached hydrogens (primary N) is 1. The van der Waals surface area contributed by atoms with Crippen LogP contribution >= 0.6 is 0 Å². The van der Waals surface area contributed by atoms with Gasteiger partial charge < -0.3 is 15.2 Å². The number of fused-ring (bicyclic) bond motifs is 3. The Bertz CT molecular complexity index is 829. The van der Waals surface area contributed by atoms with Crippen LogP contribution in [0, 0.1) is 0 Å². The van der Waals surface area contributed by atoms with E-state index in [1.54, 1.807) is 0 Å². The normalized spacial score (nSPS) is 21.1. The topological polar surface area (TPSA) is 60.1 Å². The molecule has 5 heteroatoms.